The van der Waals surface area contributed by atoms with E-state index < -0.39 is 15.6 Å². The summed E-state index contributed by atoms with van der Waals surface area (Å²) in [5.41, 5.74) is -2.94. The molecule has 0 saturated heterocycles. The zero-order chi connectivity index (χ0) is 21.7. The Bertz CT molecular complexity index is 996. The minimum absolute atomic E-state index is 0.0332. The molecule has 0 N–H and O–H groups in total. The second-order valence-electron chi connectivity index (χ2n) is 6.08. The second kappa shape index (κ2) is 9.47. The molecule has 0 atom stereocenters. The van der Waals surface area contributed by atoms with Gasteiger partial charge in [-0.2, -0.15) is 13.2 Å². The Morgan fingerprint density at radius 2 is 1.14 bits per heavy atom. The number of rotatable bonds is 3. The van der Waals surface area contributed by atoms with E-state index in [0.29, 0.717) is 0 Å². The van der Waals surface area contributed by atoms with Gasteiger partial charge in [0.1, 0.15) is 0 Å². The average Bonchev–Trinajstić information content (AvgIpc) is 2.65. The number of hydrogen-bond donors (Lipinski definition) is 0. The maximum Gasteiger partial charge on any atom is 0.485 e. The summed E-state index contributed by atoms with van der Waals surface area (Å²) < 4.78 is 58.9. The van der Waals surface area contributed by atoms with Crippen LogP contribution >= 0.6 is 0 Å². The quantitative estimate of drug-likeness (QED) is 0.309. The average molecular weight is 441 g/mol. The highest BCUT2D eigenvalue weighted by Crippen LogP contribution is 2.31. The molecule has 154 valence electrons. The van der Waals surface area contributed by atoms with Gasteiger partial charge in [0.05, 0.1) is 10.9 Å². The van der Waals surface area contributed by atoms with Crippen LogP contribution in [0.5, 0.6) is 0 Å². The van der Waals surface area contributed by atoms with Gasteiger partial charge in [-0.25, -0.2) is 8.42 Å². The lowest BCUT2D eigenvalue weighted by molar-refractivity contribution is -0.0517. The summed E-state index contributed by atoms with van der Waals surface area (Å²) in [5.74, 6) is 0. The first-order valence-electron chi connectivity index (χ1n) is 8.44. The Labute approximate surface area is 171 Å². The van der Waals surface area contributed by atoms with Gasteiger partial charge in [-0.15, -0.1) is 0 Å². The number of hydrogen-bond acceptors (Lipinski definition) is 3. The van der Waals surface area contributed by atoms with Crippen LogP contribution in [0.4, 0.5) is 13.2 Å². The van der Waals surface area contributed by atoms with Crippen molar-refractivity contribution in [1.82, 2.24) is 0 Å². The Hall–Kier alpha value is -2.29. The first-order chi connectivity index (χ1) is 13.5. The second-order valence-corrected chi connectivity index (χ2v) is 9.48. The maximum absolute atomic E-state index is 10.7. The van der Waals surface area contributed by atoms with Crippen LogP contribution in [0, 0.1) is 13.8 Å². The summed E-state index contributed by atoms with van der Waals surface area (Å²) in [5, 5.41) is 0. The van der Waals surface area contributed by atoms with Gasteiger partial charge in [-0.05, 0) is 61.4 Å². The van der Waals surface area contributed by atoms with E-state index in [1.807, 2.05) is 0 Å². The third kappa shape index (κ3) is 6.35. The first-order valence-corrected chi connectivity index (χ1v) is 11.1. The minimum Gasteiger partial charge on any atom is -0.741 e. The number of benzene rings is 3. The van der Waals surface area contributed by atoms with Crippen molar-refractivity contribution in [3.63, 3.8) is 0 Å². The summed E-state index contributed by atoms with van der Waals surface area (Å²) in [7, 11) is -6.12. The fourth-order valence-electron chi connectivity index (χ4n) is 2.36. The number of aryl methyl sites for hydroxylation is 2. The first kappa shape index (κ1) is 23.0. The van der Waals surface area contributed by atoms with E-state index in [0.717, 1.165) is 0 Å². The van der Waals surface area contributed by atoms with Crippen LogP contribution in [0.25, 0.3) is 0 Å². The molecule has 8 heteroatoms. The number of alkyl halides is 3. The van der Waals surface area contributed by atoms with E-state index in [1.165, 1.54) is 25.8 Å². The van der Waals surface area contributed by atoms with Crippen LogP contribution < -0.4 is 0 Å². The Morgan fingerprint density at radius 3 is 1.48 bits per heavy atom. The molecular formula is C21H19F3O3S2. The van der Waals surface area contributed by atoms with Crippen LogP contribution in [-0.2, 0) is 21.0 Å². The van der Waals surface area contributed by atoms with Crippen molar-refractivity contribution in [2.75, 3.05) is 0 Å². The van der Waals surface area contributed by atoms with E-state index in [1.54, 1.807) is 0 Å². The third-order valence-electron chi connectivity index (χ3n) is 3.96. The van der Waals surface area contributed by atoms with Gasteiger partial charge in [0.15, 0.2) is 24.8 Å². The molecule has 3 aromatic rings. The standard InChI is InChI=1S/C20H19S.CHF3O3S/c1-16-13-14-20(15-17(16)2)21(18-9-5-3-6-10-18)19-11-7-4-8-12-19;2-1(3,4)8(5,6)7/h3-15H,1-2H3;(H,5,6,7)/q+1;/p-1. The third-order valence-corrected chi connectivity index (χ3v) is 6.73. The molecule has 0 aliphatic rings. The smallest absolute Gasteiger partial charge is 0.485 e. The van der Waals surface area contributed by atoms with Crippen LogP contribution in [0.1, 0.15) is 11.1 Å². The van der Waals surface area contributed by atoms with Gasteiger partial charge in [0.25, 0.3) is 0 Å². The van der Waals surface area contributed by atoms with Crippen LogP contribution in [-0.4, -0.2) is 18.5 Å². The van der Waals surface area contributed by atoms with Crippen molar-refractivity contribution in [3.8, 4) is 0 Å². The fourth-order valence-corrected chi connectivity index (χ4v) is 4.54. The Morgan fingerprint density at radius 1 is 0.724 bits per heavy atom. The molecule has 0 spiro atoms. The summed E-state index contributed by atoms with van der Waals surface area (Å²) in [6.45, 7) is 4.36. The fraction of sp³-hybridized carbons (Fsp3) is 0.143. The van der Waals surface area contributed by atoms with Crippen molar-refractivity contribution < 1.29 is 26.1 Å². The van der Waals surface area contributed by atoms with Crippen molar-refractivity contribution >= 4 is 21.0 Å². The normalized spacial score (nSPS) is 11.7. The van der Waals surface area contributed by atoms with E-state index in [2.05, 4.69) is 92.7 Å². The molecule has 0 radical (unpaired) electrons. The maximum atomic E-state index is 10.7. The molecule has 29 heavy (non-hydrogen) atoms. The molecule has 0 bridgehead atoms. The SMILES string of the molecule is Cc1ccc([S+](c2ccccc2)c2ccccc2)cc1C.O=S(=O)([O-])C(F)(F)F. The van der Waals surface area contributed by atoms with Crippen molar-refractivity contribution in [2.45, 2.75) is 34.0 Å². The summed E-state index contributed by atoms with van der Waals surface area (Å²) in [4.78, 5) is 4.12. The lowest BCUT2D eigenvalue weighted by Crippen LogP contribution is -2.21. The predicted molar refractivity (Wildman–Crippen MR) is 107 cm³/mol. The largest absolute Gasteiger partial charge is 0.741 e. The summed E-state index contributed by atoms with van der Waals surface area (Å²) in [6.07, 6.45) is 0. The lowest BCUT2D eigenvalue weighted by atomic mass is 10.1. The molecular weight excluding hydrogens is 421 g/mol. The summed E-state index contributed by atoms with van der Waals surface area (Å²) in [6, 6.07) is 28.4. The Balaban J connectivity index is 0.000000321. The topological polar surface area (TPSA) is 57.2 Å². The molecule has 3 aromatic carbocycles. The zero-order valence-electron chi connectivity index (χ0n) is 15.7. The number of halogens is 3. The molecule has 0 unspecified atom stereocenters. The Kier molecular flexibility index (Phi) is 7.51. The van der Waals surface area contributed by atoms with Gasteiger partial charge in [0.2, 0.25) is 0 Å². The highest BCUT2D eigenvalue weighted by atomic mass is 32.2. The molecule has 0 aliphatic heterocycles. The molecule has 0 fully saturated rings. The van der Waals surface area contributed by atoms with E-state index in [4.69, 9.17) is 13.0 Å². The molecule has 0 amide bonds. The monoisotopic (exact) mass is 440 g/mol. The van der Waals surface area contributed by atoms with Crippen LogP contribution in [0.3, 0.4) is 0 Å². The van der Waals surface area contributed by atoms with Crippen molar-refractivity contribution in [3.05, 3.63) is 90.0 Å². The zero-order valence-corrected chi connectivity index (χ0v) is 17.3. The molecule has 0 aromatic heterocycles. The van der Waals surface area contributed by atoms with E-state index >= 15 is 0 Å². The van der Waals surface area contributed by atoms with Crippen LogP contribution in [0.2, 0.25) is 0 Å². The van der Waals surface area contributed by atoms with Crippen molar-refractivity contribution in [1.29, 1.82) is 0 Å². The van der Waals surface area contributed by atoms with Gasteiger partial charge >= 0.3 is 5.51 Å². The van der Waals surface area contributed by atoms with Gasteiger partial charge in [0, 0.05) is 0 Å². The molecule has 3 rings (SSSR count). The highest BCUT2D eigenvalue weighted by molar-refractivity contribution is 7.97. The minimum atomic E-state index is -6.09. The van der Waals surface area contributed by atoms with Gasteiger partial charge < -0.3 is 4.55 Å². The lowest BCUT2D eigenvalue weighted by Gasteiger charge is -2.09. The molecule has 0 aliphatic carbocycles. The van der Waals surface area contributed by atoms with E-state index in [9.17, 15) is 13.2 Å². The molecule has 3 nitrogen and oxygen atoms in total. The van der Waals surface area contributed by atoms with E-state index in [-0.39, 0.29) is 10.9 Å². The molecule has 0 saturated carbocycles. The highest BCUT2D eigenvalue weighted by Gasteiger charge is 2.37. The predicted octanol–water partition coefficient (Wildman–Crippen LogP) is 5.45. The summed E-state index contributed by atoms with van der Waals surface area (Å²) >= 11 is 0. The van der Waals surface area contributed by atoms with Gasteiger partial charge in [-0.3, -0.25) is 0 Å². The van der Waals surface area contributed by atoms with Crippen molar-refractivity contribution in [2.24, 2.45) is 0 Å². The van der Waals surface area contributed by atoms with Crippen LogP contribution in [0.15, 0.2) is 93.5 Å². The molecule has 0 heterocycles. The van der Waals surface area contributed by atoms with Gasteiger partial charge in [-0.1, -0.05) is 42.5 Å².